The van der Waals surface area contributed by atoms with Crippen LogP contribution in [0, 0.1) is 0 Å². The van der Waals surface area contributed by atoms with Gasteiger partial charge < -0.3 is 14.8 Å². The molecular weight excluding hydrogens is 370 g/mol. The number of anilines is 1. The summed E-state index contributed by atoms with van der Waals surface area (Å²) in [4.78, 5) is 0. The molecule has 0 amide bonds. The lowest BCUT2D eigenvalue weighted by atomic mass is 10.1. The highest BCUT2D eigenvalue weighted by molar-refractivity contribution is 6.30. The van der Waals surface area contributed by atoms with Crippen LogP contribution < -0.4 is 14.8 Å². The van der Waals surface area contributed by atoms with Gasteiger partial charge in [0.25, 0.3) is 0 Å². The molecule has 0 bridgehead atoms. The number of hydrogen-bond donors (Lipinski definition) is 1. The van der Waals surface area contributed by atoms with Crippen molar-refractivity contribution >= 4 is 17.3 Å². The lowest BCUT2D eigenvalue weighted by Gasteiger charge is -2.17. The van der Waals surface area contributed by atoms with Crippen LogP contribution in [0.1, 0.15) is 16.7 Å². The molecule has 0 atom stereocenters. The van der Waals surface area contributed by atoms with E-state index in [1.54, 1.807) is 7.11 Å². The molecule has 0 aliphatic heterocycles. The van der Waals surface area contributed by atoms with Gasteiger partial charge in [-0.3, -0.25) is 0 Å². The number of halogens is 1. The zero-order chi connectivity index (χ0) is 19.8. The molecule has 3 nitrogen and oxygen atoms in total. The van der Waals surface area contributed by atoms with Gasteiger partial charge >= 0.3 is 0 Å². The quantitative estimate of drug-likeness (QED) is 0.434. The van der Waals surface area contributed by atoms with E-state index in [9.17, 15) is 0 Å². The third kappa shape index (κ3) is 5.30. The molecule has 0 heterocycles. The smallest absolute Gasteiger partial charge is 0.165 e. The molecule has 3 aromatic carbocycles. The topological polar surface area (TPSA) is 30.5 Å². The van der Waals surface area contributed by atoms with Gasteiger partial charge in [-0.1, -0.05) is 48.0 Å². The van der Waals surface area contributed by atoms with Crippen molar-refractivity contribution in [3.05, 3.63) is 101 Å². The number of rotatable bonds is 9. The lowest BCUT2D eigenvalue weighted by Crippen LogP contribution is -2.05. The molecule has 0 radical (unpaired) electrons. The van der Waals surface area contributed by atoms with Crippen LogP contribution in [0.2, 0.25) is 5.02 Å². The fourth-order valence-electron chi connectivity index (χ4n) is 2.99. The number of benzene rings is 3. The molecule has 28 heavy (non-hydrogen) atoms. The monoisotopic (exact) mass is 393 g/mol. The molecule has 0 aliphatic rings. The van der Waals surface area contributed by atoms with Gasteiger partial charge in [-0.15, -0.1) is 6.58 Å². The molecule has 0 unspecified atom stereocenters. The summed E-state index contributed by atoms with van der Waals surface area (Å²) in [5.74, 6) is 1.46. The van der Waals surface area contributed by atoms with E-state index in [2.05, 4.69) is 18.0 Å². The van der Waals surface area contributed by atoms with Crippen molar-refractivity contribution in [2.45, 2.75) is 19.6 Å². The zero-order valence-corrected chi connectivity index (χ0v) is 16.7. The van der Waals surface area contributed by atoms with E-state index < -0.39 is 0 Å². The molecule has 0 fully saturated rings. The van der Waals surface area contributed by atoms with Crippen LogP contribution in [-0.2, 0) is 19.6 Å². The van der Waals surface area contributed by atoms with Gasteiger partial charge in [-0.05, 0) is 53.9 Å². The maximum atomic E-state index is 6.12. The second kappa shape index (κ2) is 9.86. The largest absolute Gasteiger partial charge is 0.493 e. The predicted octanol–water partition coefficient (Wildman–Crippen LogP) is 6.27. The minimum atomic E-state index is 0.419. The Balaban J connectivity index is 1.81. The third-order valence-electron chi connectivity index (χ3n) is 4.32. The number of ether oxygens (including phenoxy) is 2. The molecule has 1 N–H and O–H groups in total. The fraction of sp³-hybridized carbons (Fsp3) is 0.167. The Labute approximate surface area is 171 Å². The van der Waals surface area contributed by atoms with E-state index in [0.717, 1.165) is 28.1 Å². The number of methoxy groups -OCH3 is 1. The summed E-state index contributed by atoms with van der Waals surface area (Å²) < 4.78 is 11.7. The molecule has 0 spiro atoms. The fourth-order valence-corrected chi connectivity index (χ4v) is 3.20. The summed E-state index contributed by atoms with van der Waals surface area (Å²) in [5.41, 5.74) is 4.25. The SMILES string of the molecule is C=CCc1cc(CNc2ccccc2)cc(OC)c1OCc1cccc(Cl)c1. The van der Waals surface area contributed by atoms with E-state index in [-0.39, 0.29) is 0 Å². The molecule has 0 saturated heterocycles. The lowest BCUT2D eigenvalue weighted by molar-refractivity contribution is 0.281. The minimum Gasteiger partial charge on any atom is -0.493 e. The van der Waals surface area contributed by atoms with Crippen molar-refractivity contribution in [3.8, 4) is 11.5 Å². The van der Waals surface area contributed by atoms with Crippen molar-refractivity contribution in [1.29, 1.82) is 0 Å². The second-order valence-corrected chi connectivity index (χ2v) is 6.85. The van der Waals surface area contributed by atoms with E-state index in [1.165, 1.54) is 0 Å². The Kier molecular flexibility index (Phi) is 6.99. The van der Waals surface area contributed by atoms with Gasteiger partial charge in [0.2, 0.25) is 0 Å². The molecule has 3 rings (SSSR count). The molecule has 4 heteroatoms. The normalized spacial score (nSPS) is 10.4. The average molecular weight is 394 g/mol. The summed E-state index contributed by atoms with van der Waals surface area (Å²) >= 11 is 6.07. The summed E-state index contributed by atoms with van der Waals surface area (Å²) in [6.45, 7) is 4.99. The Morgan fingerprint density at radius 1 is 1.00 bits per heavy atom. The number of allylic oxidation sites excluding steroid dienone is 1. The third-order valence-corrected chi connectivity index (χ3v) is 4.55. The highest BCUT2D eigenvalue weighted by Gasteiger charge is 2.13. The molecule has 0 aromatic heterocycles. The Bertz CT molecular complexity index is 925. The van der Waals surface area contributed by atoms with Crippen LogP contribution in [0.25, 0.3) is 0 Å². The molecule has 3 aromatic rings. The van der Waals surface area contributed by atoms with E-state index >= 15 is 0 Å². The molecule has 144 valence electrons. The van der Waals surface area contributed by atoms with Crippen LogP contribution in [-0.4, -0.2) is 7.11 Å². The van der Waals surface area contributed by atoms with Crippen molar-refractivity contribution in [2.24, 2.45) is 0 Å². The van der Waals surface area contributed by atoms with Crippen molar-refractivity contribution in [2.75, 3.05) is 12.4 Å². The summed E-state index contributed by atoms with van der Waals surface area (Å²) in [7, 11) is 1.66. The Morgan fingerprint density at radius 2 is 1.82 bits per heavy atom. The van der Waals surface area contributed by atoms with Gasteiger partial charge in [-0.2, -0.15) is 0 Å². The number of hydrogen-bond acceptors (Lipinski definition) is 3. The Hall–Kier alpha value is -2.91. The van der Waals surface area contributed by atoms with Crippen LogP contribution in [0.5, 0.6) is 11.5 Å². The second-order valence-electron chi connectivity index (χ2n) is 6.42. The van der Waals surface area contributed by atoms with Gasteiger partial charge in [0.15, 0.2) is 11.5 Å². The van der Waals surface area contributed by atoms with Gasteiger partial charge in [0.1, 0.15) is 6.61 Å². The Morgan fingerprint density at radius 3 is 2.54 bits per heavy atom. The number of nitrogens with one attached hydrogen (secondary N) is 1. The first-order chi connectivity index (χ1) is 13.7. The summed E-state index contributed by atoms with van der Waals surface area (Å²) in [5, 5.41) is 4.12. The summed E-state index contributed by atoms with van der Waals surface area (Å²) in [6, 6.07) is 21.9. The molecule has 0 saturated carbocycles. The highest BCUT2D eigenvalue weighted by Crippen LogP contribution is 2.34. The van der Waals surface area contributed by atoms with Crippen LogP contribution in [0.15, 0.2) is 79.4 Å². The van der Waals surface area contributed by atoms with Crippen LogP contribution in [0.4, 0.5) is 5.69 Å². The van der Waals surface area contributed by atoms with E-state index in [1.807, 2.05) is 66.7 Å². The molecular formula is C24H24ClNO2. The van der Waals surface area contributed by atoms with Crippen molar-refractivity contribution < 1.29 is 9.47 Å². The van der Waals surface area contributed by atoms with Crippen LogP contribution >= 0.6 is 11.6 Å². The first-order valence-electron chi connectivity index (χ1n) is 9.16. The maximum absolute atomic E-state index is 6.12. The van der Waals surface area contributed by atoms with Gasteiger partial charge in [0.05, 0.1) is 7.11 Å². The van der Waals surface area contributed by atoms with E-state index in [0.29, 0.717) is 30.3 Å². The summed E-state index contributed by atoms with van der Waals surface area (Å²) in [6.07, 6.45) is 2.57. The predicted molar refractivity (Wildman–Crippen MR) is 116 cm³/mol. The van der Waals surface area contributed by atoms with Crippen LogP contribution in [0.3, 0.4) is 0 Å². The first kappa shape index (κ1) is 19.8. The van der Waals surface area contributed by atoms with Gasteiger partial charge in [0, 0.05) is 22.8 Å². The van der Waals surface area contributed by atoms with Crippen molar-refractivity contribution in [3.63, 3.8) is 0 Å². The zero-order valence-electron chi connectivity index (χ0n) is 16.0. The standard InChI is InChI=1S/C24H24ClNO2/c1-3-8-20-13-19(16-26-22-11-5-4-6-12-22)15-23(27-2)24(20)28-17-18-9-7-10-21(25)14-18/h3-7,9-15,26H,1,8,16-17H2,2H3. The first-order valence-corrected chi connectivity index (χ1v) is 9.54. The van der Waals surface area contributed by atoms with E-state index in [4.69, 9.17) is 21.1 Å². The minimum absolute atomic E-state index is 0.419. The highest BCUT2D eigenvalue weighted by atomic mass is 35.5. The number of para-hydroxylation sites is 1. The maximum Gasteiger partial charge on any atom is 0.165 e. The van der Waals surface area contributed by atoms with Crippen molar-refractivity contribution in [1.82, 2.24) is 0 Å². The average Bonchev–Trinajstić information content (AvgIpc) is 2.72. The molecule has 0 aliphatic carbocycles. The van der Waals surface area contributed by atoms with Gasteiger partial charge in [-0.25, -0.2) is 0 Å².